The number of morpholine rings is 1. The summed E-state index contributed by atoms with van der Waals surface area (Å²) in [5.41, 5.74) is 1.58. The average Bonchev–Trinajstić information content (AvgIpc) is 2.74. The summed E-state index contributed by atoms with van der Waals surface area (Å²) < 4.78 is 7.70. The molecule has 0 radical (unpaired) electrons. The van der Waals surface area contributed by atoms with Gasteiger partial charge in [-0.05, 0) is 29.7 Å². The summed E-state index contributed by atoms with van der Waals surface area (Å²) in [6.45, 7) is 3.80. The van der Waals surface area contributed by atoms with E-state index in [4.69, 9.17) is 4.74 Å². The highest BCUT2D eigenvalue weighted by Crippen LogP contribution is 2.22. The summed E-state index contributed by atoms with van der Waals surface area (Å²) in [6, 6.07) is 0. The molecule has 4 heteroatoms. The minimum atomic E-state index is 0.871. The quantitative estimate of drug-likeness (QED) is 0.660. The molecule has 0 bridgehead atoms. The van der Waals surface area contributed by atoms with Crippen LogP contribution in [-0.2, 0) is 17.6 Å². The van der Waals surface area contributed by atoms with Gasteiger partial charge in [0.25, 0.3) is 0 Å². The maximum Gasteiger partial charge on any atom is 0.220 e. The molecular weight excluding hydrogens is 208 g/mol. The highest BCUT2D eigenvalue weighted by Gasteiger charge is 2.25. The van der Waals surface area contributed by atoms with E-state index in [2.05, 4.69) is 15.3 Å². The van der Waals surface area contributed by atoms with Crippen molar-refractivity contribution in [2.75, 3.05) is 31.3 Å². The van der Waals surface area contributed by atoms with Crippen LogP contribution in [0.25, 0.3) is 0 Å². The Morgan fingerprint density at radius 2 is 2.00 bits per heavy atom. The SMILES string of the molecule is c1c2c(s[n+]1N1CCOCC1)CCCC2. The number of fused-ring (bicyclic) bond motifs is 1. The predicted octanol–water partition coefficient (Wildman–Crippen LogP) is 0.883. The molecule has 2 heterocycles. The van der Waals surface area contributed by atoms with Crippen molar-refractivity contribution >= 4 is 11.5 Å². The van der Waals surface area contributed by atoms with Gasteiger partial charge < -0.3 is 4.74 Å². The molecule has 2 aliphatic rings. The molecule has 82 valence electrons. The molecule has 1 saturated heterocycles. The third-order valence-electron chi connectivity index (χ3n) is 3.19. The van der Waals surface area contributed by atoms with Crippen LogP contribution in [-0.4, -0.2) is 26.3 Å². The van der Waals surface area contributed by atoms with E-state index in [1.807, 2.05) is 11.5 Å². The highest BCUT2D eigenvalue weighted by molar-refractivity contribution is 7.01. The summed E-state index contributed by atoms with van der Waals surface area (Å²) in [4.78, 5) is 1.60. The Kier molecular flexibility index (Phi) is 2.63. The van der Waals surface area contributed by atoms with Gasteiger partial charge in [-0.3, -0.25) is 0 Å². The van der Waals surface area contributed by atoms with Crippen molar-refractivity contribution in [2.24, 2.45) is 0 Å². The van der Waals surface area contributed by atoms with Crippen LogP contribution in [0.1, 0.15) is 23.3 Å². The van der Waals surface area contributed by atoms with Gasteiger partial charge in [0, 0.05) is 5.56 Å². The molecule has 0 spiro atoms. The Labute approximate surface area is 94.4 Å². The third-order valence-corrected chi connectivity index (χ3v) is 4.40. The van der Waals surface area contributed by atoms with Crippen LogP contribution in [0.3, 0.4) is 0 Å². The maximum atomic E-state index is 5.37. The first-order valence-corrected chi connectivity index (χ1v) is 6.57. The van der Waals surface area contributed by atoms with Crippen molar-refractivity contribution < 1.29 is 8.80 Å². The van der Waals surface area contributed by atoms with Gasteiger partial charge in [0.2, 0.25) is 6.20 Å². The van der Waals surface area contributed by atoms with Crippen molar-refractivity contribution in [3.8, 4) is 0 Å². The molecule has 1 fully saturated rings. The lowest BCUT2D eigenvalue weighted by Crippen LogP contribution is -2.59. The normalized spacial score (nSPS) is 21.5. The molecule has 1 aliphatic heterocycles. The molecule has 0 unspecified atom stereocenters. The molecule has 0 N–H and O–H groups in total. The van der Waals surface area contributed by atoms with Crippen LogP contribution >= 0.6 is 11.5 Å². The zero-order valence-electron chi connectivity index (χ0n) is 8.95. The molecule has 1 aliphatic carbocycles. The van der Waals surface area contributed by atoms with Gasteiger partial charge >= 0.3 is 0 Å². The van der Waals surface area contributed by atoms with Crippen LogP contribution in [0.2, 0.25) is 0 Å². The van der Waals surface area contributed by atoms with E-state index >= 15 is 0 Å². The monoisotopic (exact) mass is 225 g/mol. The smallest absolute Gasteiger partial charge is 0.220 e. The van der Waals surface area contributed by atoms with Crippen molar-refractivity contribution in [3.05, 3.63) is 16.6 Å². The number of aryl methyl sites for hydroxylation is 2. The summed E-state index contributed by atoms with van der Waals surface area (Å²) >= 11 is 1.93. The molecule has 1 aromatic heterocycles. The van der Waals surface area contributed by atoms with Crippen LogP contribution in [0.5, 0.6) is 0 Å². The molecule has 1 aromatic rings. The summed E-state index contributed by atoms with van der Waals surface area (Å²) in [5, 5.41) is 2.40. The van der Waals surface area contributed by atoms with E-state index in [0.29, 0.717) is 0 Å². The van der Waals surface area contributed by atoms with Crippen LogP contribution in [0.4, 0.5) is 0 Å². The minimum absolute atomic E-state index is 0.871. The van der Waals surface area contributed by atoms with Gasteiger partial charge in [-0.25, -0.2) is 0 Å². The van der Waals surface area contributed by atoms with Crippen LogP contribution in [0.15, 0.2) is 6.20 Å². The fourth-order valence-electron chi connectivity index (χ4n) is 2.30. The standard InChI is InChI=1S/C11H17N2OS/c1-2-4-11-10(3-1)9-13(15-11)12-5-7-14-8-6-12/h9H,1-8H2/q+1. The molecule has 3 nitrogen and oxygen atoms in total. The molecule has 0 aromatic carbocycles. The molecule has 0 amide bonds. The van der Waals surface area contributed by atoms with Gasteiger partial charge in [0.15, 0.2) is 11.5 Å². The Balaban J connectivity index is 1.82. The van der Waals surface area contributed by atoms with Crippen LogP contribution in [0, 0.1) is 0 Å². The summed E-state index contributed by atoms with van der Waals surface area (Å²) in [7, 11) is 0. The Morgan fingerprint density at radius 3 is 2.80 bits per heavy atom. The van der Waals surface area contributed by atoms with Crippen LogP contribution < -0.4 is 9.07 Å². The van der Waals surface area contributed by atoms with Gasteiger partial charge in [-0.15, -0.1) is 0 Å². The maximum absolute atomic E-state index is 5.37. The van der Waals surface area contributed by atoms with Gasteiger partial charge in [0.05, 0.1) is 31.2 Å². The lowest BCUT2D eigenvalue weighted by Gasteiger charge is -2.20. The molecule has 3 rings (SSSR count). The second-order valence-electron chi connectivity index (χ2n) is 4.24. The van der Waals surface area contributed by atoms with Crippen molar-refractivity contribution in [1.29, 1.82) is 0 Å². The lowest BCUT2D eigenvalue weighted by molar-refractivity contribution is -0.628. The van der Waals surface area contributed by atoms with E-state index in [9.17, 15) is 0 Å². The van der Waals surface area contributed by atoms with E-state index in [1.54, 1.807) is 10.4 Å². The first-order valence-electron chi connectivity index (χ1n) is 5.80. The first kappa shape index (κ1) is 9.60. The minimum Gasteiger partial charge on any atom is -0.377 e. The topological polar surface area (TPSA) is 16.4 Å². The molecule has 0 saturated carbocycles. The zero-order valence-corrected chi connectivity index (χ0v) is 9.76. The largest absolute Gasteiger partial charge is 0.377 e. The Bertz CT molecular complexity index is 321. The average molecular weight is 225 g/mol. The number of rotatable bonds is 1. The van der Waals surface area contributed by atoms with Gasteiger partial charge in [-0.2, -0.15) is 5.01 Å². The van der Waals surface area contributed by atoms with Crippen molar-refractivity contribution in [2.45, 2.75) is 25.7 Å². The predicted molar refractivity (Wildman–Crippen MR) is 59.9 cm³/mol. The fourth-order valence-corrected chi connectivity index (χ4v) is 3.50. The number of hydrogen-bond donors (Lipinski definition) is 0. The molecular formula is C11H17N2OS+. The Hall–Kier alpha value is -0.610. The number of ether oxygens (including phenoxy) is 1. The Morgan fingerprint density at radius 1 is 1.20 bits per heavy atom. The second kappa shape index (κ2) is 4.10. The number of aromatic nitrogens is 1. The number of hydrogen-bond acceptors (Lipinski definition) is 3. The van der Waals surface area contributed by atoms with Gasteiger partial charge in [0.1, 0.15) is 0 Å². The highest BCUT2D eigenvalue weighted by atomic mass is 32.1. The van der Waals surface area contributed by atoms with Crippen molar-refractivity contribution in [3.63, 3.8) is 0 Å². The fraction of sp³-hybridized carbons (Fsp3) is 0.727. The van der Waals surface area contributed by atoms with E-state index in [-0.39, 0.29) is 0 Å². The summed E-state index contributed by atoms with van der Waals surface area (Å²) in [6.07, 6.45) is 7.65. The van der Waals surface area contributed by atoms with Crippen molar-refractivity contribution in [1.82, 2.24) is 0 Å². The van der Waals surface area contributed by atoms with E-state index < -0.39 is 0 Å². The summed E-state index contributed by atoms with van der Waals surface area (Å²) in [5.74, 6) is 0. The molecule has 0 atom stereocenters. The number of nitrogens with zero attached hydrogens (tertiary/aromatic N) is 2. The van der Waals surface area contributed by atoms with Gasteiger partial charge in [-0.1, -0.05) is 0 Å². The first-order chi connectivity index (χ1) is 7.43. The second-order valence-corrected chi connectivity index (χ2v) is 5.29. The third kappa shape index (κ3) is 1.88. The lowest BCUT2D eigenvalue weighted by atomic mass is 10.0. The molecule has 15 heavy (non-hydrogen) atoms. The van der Waals surface area contributed by atoms with E-state index in [0.717, 1.165) is 26.3 Å². The zero-order chi connectivity index (χ0) is 10.1. The van der Waals surface area contributed by atoms with E-state index in [1.165, 1.54) is 25.7 Å².